The van der Waals surface area contributed by atoms with Gasteiger partial charge in [0.2, 0.25) is 5.91 Å². The first-order valence-electron chi connectivity index (χ1n) is 12.1. The second kappa shape index (κ2) is 12.8. The highest BCUT2D eigenvalue weighted by molar-refractivity contribution is 6.42. The number of carbonyl (C=O) groups is 2. The number of halogens is 3. The SMILES string of the molecule is CC[C@H](C(=O)NC1CCCCC1)N(Cc1ccc(Cl)c(Cl)c1)C(=O)COc1cc(C)c(Cl)c(C)c1. The summed E-state index contributed by atoms with van der Waals surface area (Å²) in [5.74, 6) is 0.143. The number of ether oxygens (including phenoxy) is 1. The van der Waals surface area contributed by atoms with E-state index >= 15 is 0 Å². The van der Waals surface area contributed by atoms with Gasteiger partial charge in [-0.05, 0) is 74.1 Å². The number of hydrogen-bond acceptors (Lipinski definition) is 3. The predicted molar refractivity (Wildman–Crippen MR) is 143 cm³/mol. The molecule has 1 atom stereocenters. The van der Waals surface area contributed by atoms with Crippen molar-refractivity contribution >= 4 is 46.6 Å². The van der Waals surface area contributed by atoms with Gasteiger partial charge in [0.1, 0.15) is 11.8 Å². The lowest BCUT2D eigenvalue weighted by Crippen LogP contribution is -2.52. The Labute approximate surface area is 223 Å². The average Bonchev–Trinajstić information content (AvgIpc) is 2.83. The molecule has 1 saturated carbocycles. The topological polar surface area (TPSA) is 58.6 Å². The van der Waals surface area contributed by atoms with Crippen LogP contribution in [0.4, 0.5) is 0 Å². The number of rotatable bonds is 9. The molecule has 2 aromatic carbocycles. The number of benzene rings is 2. The zero-order valence-electron chi connectivity index (χ0n) is 20.5. The van der Waals surface area contributed by atoms with Crippen LogP contribution in [-0.2, 0) is 16.1 Å². The van der Waals surface area contributed by atoms with Crippen LogP contribution >= 0.6 is 34.8 Å². The Morgan fingerprint density at radius 1 is 1.03 bits per heavy atom. The second-order valence-electron chi connectivity index (χ2n) is 9.20. The summed E-state index contributed by atoms with van der Waals surface area (Å²) in [5, 5.41) is 4.69. The summed E-state index contributed by atoms with van der Waals surface area (Å²) < 4.78 is 5.84. The van der Waals surface area contributed by atoms with Crippen LogP contribution in [-0.4, -0.2) is 35.4 Å². The molecule has 0 heterocycles. The van der Waals surface area contributed by atoms with E-state index in [0.29, 0.717) is 27.2 Å². The van der Waals surface area contributed by atoms with Crippen LogP contribution in [0.25, 0.3) is 0 Å². The van der Waals surface area contributed by atoms with E-state index in [1.165, 1.54) is 6.42 Å². The Kier molecular flexibility index (Phi) is 10.1. The van der Waals surface area contributed by atoms with Gasteiger partial charge >= 0.3 is 0 Å². The maximum atomic E-state index is 13.4. The molecule has 0 aliphatic heterocycles. The molecule has 0 saturated heterocycles. The Morgan fingerprint density at radius 3 is 2.29 bits per heavy atom. The third-order valence-electron chi connectivity index (χ3n) is 6.45. The lowest BCUT2D eigenvalue weighted by molar-refractivity contribution is -0.143. The van der Waals surface area contributed by atoms with Crippen molar-refractivity contribution < 1.29 is 14.3 Å². The molecule has 1 fully saturated rings. The molecule has 190 valence electrons. The van der Waals surface area contributed by atoms with E-state index < -0.39 is 6.04 Å². The van der Waals surface area contributed by atoms with Gasteiger partial charge in [0.05, 0.1) is 10.0 Å². The van der Waals surface area contributed by atoms with Crippen LogP contribution in [0.2, 0.25) is 15.1 Å². The Balaban J connectivity index is 1.80. The summed E-state index contributed by atoms with van der Waals surface area (Å²) >= 11 is 18.5. The summed E-state index contributed by atoms with van der Waals surface area (Å²) in [5.41, 5.74) is 2.54. The number of amides is 2. The molecule has 0 unspecified atom stereocenters. The minimum Gasteiger partial charge on any atom is -0.484 e. The van der Waals surface area contributed by atoms with E-state index in [9.17, 15) is 9.59 Å². The van der Waals surface area contributed by atoms with Gasteiger partial charge < -0.3 is 15.0 Å². The molecule has 5 nitrogen and oxygen atoms in total. The predicted octanol–water partition coefficient (Wildman–Crippen LogP) is 6.90. The standard InChI is InChI=1S/C27H33Cl3N2O3/c1-4-24(27(34)31-20-8-6-5-7-9-20)32(15-19-10-11-22(28)23(29)14-19)25(33)16-35-21-12-17(2)26(30)18(3)13-21/h10-14,20,24H,4-9,15-16H2,1-3H3,(H,31,34)/t24-/m1/s1. The molecule has 1 aliphatic rings. The Bertz CT molecular complexity index is 1030. The van der Waals surface area contributed by atoms with E-state index in [4.69, 9.17) is 39.5 Å². The van der Waals surface area contributed by atoms with Crippen LogP contribution in [0, 0.1) is 13.8 Å². The molecule has 3 rings (SSSR count). The maximum absolute atomic E-state index is 13.4. The van der Waals surface area contributed by atoms with Gasteiger partial charge in [0, 0.05) is 17.6 Å². The highest BCUT2D eigenvalue weighted by Crippen LogP contribution is 2.27. The molecule has 0 bridgehead atoms. The van der Waals surface area contributed by atoms with Crippen molar-refractivity contribution in [2.24, 2.45) is 0 Å². The van der Waals surface area contributed by atoms with Crippen molar-refractivity contribution in [3.8, 4) is 5.75 Å². The smallest absolute Gasteiger partial charge is 0.261 e. The number of carbonyl (C=O) groups excluding carboxylic acids is 2. The number of nitrogens with one attached hydrogen (secondary N) is 1. The summed E-state index contributed by atoms with van der Waals surface area (Å²) in [4.78, 5) is 28.3. The van der Waals surface area contributed by atoms with Crippen LogP contribution in [0.1, 0.15) is 62.1 Å². The van der Waals surface area contributed by atoms with E-state index in [2.05, 4.69) is 5.32 Å². The van der Waals surface area contributed by atoms with E-state index in [-0.39, 0.29) is 31.0 Å². The van der Waals surface area contributed by atoms with Gasteiger partial charge in [-0.25, -0.2) is 0 Å². The maximum Gasteiger partial charge on any atom is 0.261 e. The first kappa shape index (κ1) is 27.6. The van der Waals surface area contributed by atoms with Crippen molar-refractivity contribution in [3.63, 3.8) is 0 Å². The van der Waals surface area contributed by atoms with Crippen molar-refractivity contribution in [1.29, 1.82) is 0 Å². The molecule has 0 aromatic heterocycles. The van der Waals surface area contributed by atoms with Gasteiger partial charge in [0.25, 0.3) is 5.91 Å². The summed E-state index contributed by atoms with van der Waals surface area (Å²) in [6.07, 6.45) is 5.85. The van der Waals surface area contributed by atoms with E-state index in [1.807, 2.05) is 26.8 Å². The largest absolute Gasteiger partial charge is 0.484 e. The average molecular weight is 540 g/mol. The Morgan fingerprint density at radius 2 is 1.69 bits per heavy atom. The third kappa shape index (κ3) is 7.52. The molecular weight excluding hydrogens is 507 g/mol. The fourth-order valence-corrected chi connectivity index (χ4v) is 4.95. The molecule has 2 amide bonds. The van der Waals surface area contributed by atoms with Crippen molar-refractivity contribution in [1.82, 2.24) is 10.2 Å². The summed E-state index contributed by atoms with van der Waals surface area (Å²) in [6.45, 7) is 5.71. The quantitative estimate of drug-likeness (QED) is 0.377. The molecule has 0 radical (unpaired) electrons. The highest BCUT2D eigenvalue weighted by Gasteiger charge is 2.30. The van der Waals surface area contributed by atoms with Crippen LogP contribution in [0.5, 0.6) is 5.75 Å². The number of nitrogens with zero attached hydrogens (tertiary/aromatic N) is 1. The van der Waals surface area contributed by atoms with Gasteiger partial charge in [-0.2, -0.15) is 0 Å². The third-order valence-corrected chi connectivity index (χ3v) is 7.78. The lowest BCUT2D eigenvalue weighted by atomic mass is 9.95. The molecule has 35 heavy (non-hydrogen) atoms. The number of hydrogen-bond donors (Lipinski definition) is 1. The Hall–Kier alpha value is -1.95. The molecule has 2 aromatic rings. The lowest BCUT2D eigenvalue weighted by Gasteiger charge is -2.32. The van der Waals surface area contributed by atoms with Crippen molar-refractivity contribution in [3.05, 3.63) is 62.1 Å². The molecule has 8 heteroatoms. The molecular formula is C27H33Cl3N2O3. The zero-order valence-corrected chi connectivity index (χ0v) is 22.8. The van der Waals surface area contributed by atoms with Crippen LogP contribution < -0.4 is 10.1 Å². The normalized spacial score (nSPS) is 14.9. The summed E-state index contributed by atoms with van der Waals surface area (Å²) in [6, 6.07) is 8.37. The second-order valence-corrected chi connectivity index (χ2v) is 10.4. The first-order chi connectivity index (χ1) is 16.7. The fraction of sp³-hybridized carbons (Fsp3) is 0.481. The summed E-state index contributed by atoms with van der Waals surface area (Å²) in [7, 11) is 0. The molecule has 1 N–H and O–H groups in total. The van der Waals surface area contributed by atoms with Gasteiger partial charge in [-0.3, -0.25) is 9.59 Å². The van der Waals surface area contributed by atoms with Gasteiger partial charge in [0.15, 0.2) is 6.61 Å². The minimum atomic E-state index is -0.629. The first-order valence-corrected chi connectivity index (χ1v) is 13.3. The molecule has 1 aliphatic carbocycles. The van der Waals surface area contributed by atoms with E-state index in [0.717, 1.165) is 42.4 Å². The van der Waals surface area contributed by atoms with Crippen molar-refractivity contribution in [2.75, 3.05) is 6.61 Å². The van der Waals surface area contributed by atoms with Crippen molar-refractivity contribution in [2.45, 2.75) is 77.9 Å². The monoisotopic (exact) mass is 538 g/mol. The van der Waals surface area contributed by atoms with Gasteiger partial charge in [-0.1, -0.05) is 67.1 Å². The van der Waals surface area contributed by atoms with Gasteiger partial charge in [-0.15, -0.1) is 0 Å². The van der Waals surface area contributed by atoms with Crippen LogP contribution in [0.3, 0.4) is 0 Å². The molecule has 0 spiro atoms. The minimum absolute atomic E-state index is 0.133. The zero-order chi connectivity index (χ0) is 25.5. The van der Waals surface area contributed by atoms with Crippen LogP contribution in [0.15, 0.2) is 30.3 Å². The van der Waals surface area contributed by atoms with E-state index in [1.54, 1.807) is 29.2 Å². The fourth-order valence-electron chi connectivity index (χ4n) is 4.52. The number of aryl methyl sites for hydroxylation is 2. The highest BCUT2D eigenvalue weighted by atomic mass is 35.5.